The van der Waals surface area contributed by atoms with Crippen LogP contribution < -0.4 is 5.32 Å². The van der Waals surface area contributed by atoms with Crippen LogP contribution in [0, 0.1) is 0 Å². The number of nitrogens with one attached hydrogen (secondary N) is 1. The smallest absolute Gasteiger partial charge is 0.0110 e. The molecule has 3 heteroatoms. The SMILES string of the molecule is CC1CCCCCN1CCNCCc1cccs1. The molecule has 1 aromatic rings. The van der Waals surface area contributed by atoms with E-state index in [1.54, 1.807) is 0 Å². The second-order valence-electron chi connectivity index (χ2n) is 5.31. The Bertz CT molecular complexity index is 310. The summed E-state index contributed by atoms with van der Waals surface area (Å²) in [4.78, 5) is 4.15. The highest BCUT2D eigenvalue weighted by molar-refractivity contribution is 7.09. The zero-order chi connectivity index (χ0) is 12.6. The summed E-state index contributed by atoms with van der Waals surface area (Å²) < 4.78 is 0. The van der Waals surface area contributed by atoms with Crippen molar-refractivity contribution in [3.05, 3.63) is 22.4 Å². The van der Waals surface area contributed by atoms with Gasteiger partial charge < -0.3 is 5.32 Å². The summed E-state index contributed by atoms with van der Waals surface area (Å²) in [5.41, 5.74) is 0. The normalized spacial score (nSPS) is 21.9. The van der Waals surface area contributed by atoms with Gasteiger partial charge in [-0.15, -0.1) is 11.3 Å². The van der Waals surface area contributed by atoms with E-state index in [4.69, 9.17) is 0 Å². The van der Waals surface area contributed by atoms with Gasteiger partial charge in [0.1, 0.15) is 0 Å². The lowest BCUT2D eigenvalue weighted by Gasteiger charge is -2.26. The quantitative estimate of drug-likeness (QED) is 0.796. The molecule has 0 spiro atoms. The third-order valence-corrected chi connectivity index (χ3v) is 4.83. The molecule has 1 saturated heterocycles. The van der Waals surface area contributed by atoms with E-state index in [0.717, 1.165) is 19.1 Å². The fourth-order valence-corrected chi connectivity index (χ4v) is 3.39. The van der Waals surface area contributed by atoms with E-state index in [-0.39, 0.29) is 0 Å². The van der Waals surface area contributed by atoms with Gasteiger partial charge in [-0.2, -0.15) is 0 Å². The Morgan fingerprint density at radius 2 is 2.28 bits per heavy atom. The van der Waals surface area contributed by atoms with Crippen LogP contribution in [-0.2, 0) is 6.42 Å². The molecule has 0 aliphatic carbocycles. The number of hydrogen-bond donors (Lipinski definition) is 1. The molecule has 0 radical (unpaired) electrons. The van der Waals surface area contributed by atoms with Gasteiger partial charge in [0, 0.05) is 30.6 Å². The summed E-state index contributed by atoms with van der Waals surface area (Å²) in [7, 11) is 0. The van der Waals surface area contributed by atoms with Crippen molar-refractivity contribution in [1.29, 1.82) is 0 Å². The van der Waals surface area contributed by atoms with Gasteiger partial charge >= 0.3 is 0 Å². The molecule has 1 atom stereocenters. The molecular formula is C15H26N2S. The summed E-state index contributed by atoms with van der Waals surface area (Å²) in [5.74, 6) is 0. The van der Waals surface area contributed by atoms with Gasteiger partial charge in [-0.3, -0.25) is 4.90 Å². The lowest BCUT2D eigenvalue weighted by Crippen LogP contribution is -2.38. The third-order valence-electron chi connectivity index (χ3n) is 3.89. The molecule has 2 rings (SSSR count). The van der Waals surface area contributed by atoms with Crippen LogP contribution in [0.1, 0.15) is 37.5 Å². The van der Waals surface area contributed by atoms with Crippen molar-refractivity contribution in [3.63, 3.8) is 0 Å². The van der Waals surface area contributed by atoms with Crippen LogP contribution in [0.25, 0.3) is 0 Å². The number of likely N-dealkylation sites (tertiary alicyclic amines) is 1. The molecule has 1 aromatic heterocycles. The lowest BCUT2D eigenvalue weighted by molar-refractivity contribution is 0.214. The molecule has 1 aliphatic heterocycles. The zero-order valence-corrected chi connectivity index (χ0v) is 12.3. The Labute approximate surface area is 115 Å². The minimum absolute atomic E-state index is 0.784. The van der Waals surface area contributed by atoms with E-state index in [1.165, 1.54) is 50.1 Å². The monoisotopic (exact) mass is 266 g/mol. The molecule has 1 N–H and O–H groups in total. The van der Waals surface area contributed by atoms with Crippen LogP contribution in [-0.4, -0.2) is 37.1 Å². The highest BCUT2D eigenvalue weighted by atomic mass is 32.1. The van der Waals surface area contributed by atoms with Gasteiger partial charge in [-0.25, -0.2) is 0 Å². The summed E-state index contributed by atoms with van der Waals surface area (Å²) >= 11 is 1.86. The number of nitrogens with zero attached hydrogens (tertiary/aromatic N) is 1. The number of rotatable bonds is 6. The maximum Gasteiger partial charge on any atom is 0.0110 e. The third kappa shape index (κ3) is 4.71. The van der Waals surface area contributed by atoms with Crippen molar-refractivity contribution >= 4 is 11.3 Å². The maximum absolute atomic E-state index is 3.58. The van der Waals surface area contributed by atoms with Gasteiger partial charge in [0.05, 0.1) is 0 Å². The van der Waals surface area contributed by atoms with Crippen molar-refractivity contribution in [3.8, 4) is 0 Å². The van der Waals surface area contributed by atoms with Crippen LogP contribution in [0.4, 0.5) is 0 Å². The largest absolute Gasteiger partial charge is 0.315 e. The molecule has 2 nitrogen and oxygen atoms in total. The van der Waals surface area contributed by atoms with Crippen molar-refractivity contribution in [1.82, 2.24) is 10.2 Å². The maximum atomic E-state index is 3.58. The molecule has 102 valence electrons. The van der Waals surface area contributed by atoms with E-state index in [2.05, 4.69) is 34.7 Å². The Morgan fingerprint density at radius 1 is 1.33 bits per heavy atom. The second kappa shape index (κ2) is 7.93. The highest BCUT2D eigenvalue weighted by Crippen LogP contribution is 2.15. The first-order valence-electron chi connectivity index (χ1n) is 7.33. The molecule has 1 aliphatic rings. The predicted octanol–water partition coefficient (Wildman–Crippen LogP) is 3.14. The summed E-state index contributed by atoms with van der Waals surface area (Å²) in [6.07, 6.45) is 6.79. The predicted molar refractivity (Wildman–Crippen MR) is 80.4 cm³/mol. The average molecular weight is 266 g/mol. The van der Waals surface area contributed by atoms with Crippen molar-refractivity contribution in [2.45, 2.75) is 45.1 Å². The van der Waals surface area contributed by atoms with E-state index in [9.17, 15) is 0 Å². The van der Waals surface area contributed by atoms with Gasteiger partial charge in [-0.05, 0) is 44.2 Å². The molecule has 1 unspecified atom stereocenters. The van der Waals surface area contributed by atoms with Crippen LogP contribution in [0.15, 0.2) is 17.5 Å². The Morgan fingerprint density at radius 3 is 3.11 bits per heavy atom. The molecular weight excluding hydrogens is 240 g/mol. The summed E-state index contributed by atoms with van der Waals surface area (Å²) in [6, 6.07) is 5.15. The molecule has 2 heterocycles. The minimum atomic E-state index is 0.784. The molecule has 18 heavy (non-hydrogen) atoms. The van der Waals surface area contributed by atoms with E-state index in [0.29, 0.717) is 0 Å². The van der Waals surface area contributed by atoms with E-state index < -0.39 is 0 Å². The lowest BCUT2D eigenvalue weighted by atomic mass is 10.1. The van der Waals surface area contributed by atoms with Crippen LogP contribution in [0.3, 0.4) is 0 Å². The Balaban J connectivity index is 1.56. The minimum Gasteiger partial charge on any atom is -0.315 e. The van der Waals surface area contributed by atoms with Crippen LogP contribution in [0.2, 0.25) is 0 Å². The summed E-state index contributed by atoms with van der Waals surface area (Å²) in [5, 5.41) is 5.74. The summed E-state index contributed by atoms with van der Waals surface area (Å²) in [6.45, 7) is 7.15. The van der Waals surface area contributed by atoms with Crippen LogP contribution in [0.5, 0.6) is 0 Å². The van der Waals surface area contributed by atoms with Gasteiger partial charge in [-0.1, -0.05) is 18.9 Å². The van der Waals surface area contributed by atoms with Gasteiger partial charge in [0.15, 0.2) is 0 Å². The topological polar surface area (TPSA) is 15.3 Å². The van der Waals surface area contributed by atoms with Crippen LogP contribution >= 0.6 is 11.3 Å². The van der Waals surface area contributed by atoms with Crippen molar-refractivity contribution < 1.29 is 0 Å². The fraction of sp³-hybridized carbons (Fsp3) is 0.733. The van der Waals surface area contributed by atoms with E-state index in [1.807, 2.05) is 11.3 Å². The first-order valence-corrected chi connectivity index (χ1v) is 8.21. The molecule has 0 amide bonds. The van der Waals surface area contributed by atoms with Crippen molar-refractivity contribution in [2.24, 2.45) is 0 Å². The van der Waals surface area contributed by atoms with E-state index >= 15 is 0 Å². The second-order valence-corrected chi connectivity index (χ2v) is 6.35. The zero-order valence-electron chi connectivity index (χ0n) is 11.5. The van der Waals surface area contributed by atoms with Gasteiger partial charge in [0.25, 0.3) is 0 Å². The van der Waals surface area contributed by atoms with Gasteiger partial charge in [0.2, 0.25) is 0 Å². The fourth-order valence-electron chi connectivity index (χ4n) is 2.68. The number of hydrogen-bond acceptors (Lipinski definition) is 3. The molecule has 0 bridgehead atoms. The Kier molecular flexibility index (Phi) is 6.18. The standard InChI is InChI=1S/C15H26N2S/c1-14-6-3-2-4-11-17(14)12-10-16-9-8-15-7-5-13-18-15/h5,7,13-14,16H,2-4,6,8-12H2,1H3. The average Bonchev–Trinajstić information content (AvgIpc) is 2.80. The highest BCUT2D eigenvalue weighted by Gasteiger charge is 2.15. The number of thiophene rings is 1. The molecule has 1 fully saturated rings. The first kappa shape index (κ1) is 14.0. The first-order chi connectivity index (χ1) is 8.86. The van der Waals surface area contributed by atoms with Crippen molar-refractivity contribution in [2.75, 3.05) is 26.2 Å². The molecule has 0 aromatic carbocycles. The molecule has 0 saturated carbocycles. The Hall–Kier alpha value is -0.380.